The van der Waals surface area contributed by atoms with Gasteiger partial charge in [-0.1, -0.05) is 60.0 Å². The second-order valence-corrected chi connectivity index (χ2v) is 8.59. The van der Waals surface area contributed by atoms with E-state index in [-0.39, 0.29) is 23.3 Å². The molecule has 0 bridgehead atoms. The summed E-state index contributed by atoms with van der Waals surface area (Å²) >= 11 is 12.2. The van der Waals surface area contributed by atoms with E-state index in [2.05, 4.69) is 17.4 Å². The van der Waals surface area contributed by atoms with Crippen LogP contribution in [0.25, 0.3) is 0 Å². The summed E-state index contributed by atoms with van der Waals surface area (Å²) < 4.78 is 6.44. The van der Waals surface area contributed by atoms with E-state index in [4.69, 9.17) is 27.9 Å². The van der Waals surface area contributed by atoms with E-state index in [1.165, 1.54) is 23.8 Å². The van der Waals surface area contributed by atoms with Crippen molar-refractivity contribution in [3.8, 4) is 11.5 Å². The van der Waals surface area contributed by atoms with Crippen molar-refractivity contribution in [1.82, 2.24) is 0 Å². The molecule has 2 atom stereocenters. The molecule has 2 unspecified atom stereocenters. The molecule has 1 amide bonds. The zero-order chi connectivity index (χ0) is 21.8. The summed E-state index contributed by atoms with van der Waals surface area (Å²) in [6.07, 6.45) is 4.25. The van der Waals surface area contributed by atoms with Gasteiger partial charge < -0.3 is 15.2 Å². The number of hydrogen-bond acceptors (Lipinski definition) is 3. The summed E-state index contributed by atoms with van der Waals surface area (Å²) in [5.41, 5.74) is 1.79. The molecule has 4 rings (SSSR count). The monoisotopic (exact) mass is 455 g/mol. The molecule has 31 heavy (non-hydrogen) atoms. The molecule has 1 saturated carbocycles. The minimum Gasteiger partial charge on any atom is -0.507 e. The van der Waals surface area contributed by atoms with Gasteiger partial charge in [-0.25, -0.2) is 0 Å². The Kier molecular flexibility index (Phi) is 6.69. The molecule has 0 aromatic heterocycles. The average molecular weight is 456 g/mol. The van der Waals surface area contributed by atoms with Crippen molar-refractivity contribution in [2.75, 3.05) is 5.32 Å². The predicted octanol–water partition coefficient (Wildman–Crippen LogP) is 7.06. The summed E-state index contributed by atoms with van der Waals surface area (Å²) in [7, 11) is 0. The van der Waals surface area contributed by atoms with Crippen LogP contribution in [-0.2, 0) is 0 Å². The molecule has 2 N–H and O–H groups in total. The SMILES string of the molecule is O=C(Nc1cc(Cl)ccc1OC1CCCCC1c1ccccc1)c1cc(Cl)ccc1O. The number of halogens is 2. The highest BCUT2D eigenvalue weighted by Gasteiger charge is 2.29. The molecule has 1 aliphatic carbocycles. The molecule has 3 aromatic rings. The molecular formula is C25H23Cl2NO3. The zero-order valence-corrected chi connectivity index (χ0v) is 18.4. The summed E-state index contributed by atoms with van der Waals surface area (Å²) in [6, 6.07) is 19.9. The van der Waals surface area contributed by atoms with E-state index in [0.717, 1.165) is 25.7 Å². The van der Waals surface area contributed by atoms with Gasteiger partial charge in [0.2, 0.25) is 0 Å². The van der Waals surface area contributed by atoms with Gasteiger partial charge in [-0.05, 0) is 61.2 Å². The Morgan fingerprint density at radius 1 is 0.935 bits per heavy atom. The predicted molar refractivity (Wildman–Crippen MR) is 125 cm³/mol. The van der Waals surface area contributed by atoms with Gasteiger partial charge in [0.05, 0.1) is 11.3 Å². The van der Waals surface area contributed by atoms with Gasteiger partial charge in [0.25, 0.3) is 5.91 Å². The number of phenolic OH excluding ortho intramolecular Hbond substituents is 1. The van der Waals surface area contributed by atoms with Gasteiger partial charge >= 0.3 is 0 Å². The van der Waals surface area contributed by atoms with Crippen molar-refractivity contribution >= 4 is 34.8 Å². The molecule has 4 nitrogen and oxygen atoms in total. The van der Waals surface area contributed by atoms with Gasteiger partial charge in [0.15, 0.2) is 0 Å². The maximum absolute atomic E-state index is 12.8. The Bertz CT molecular complexity index is 1070. The minimum atomic E-state index is -0.490. The van der Waals surface area contributed by atoms with Crippen LogP contribution in [0.4, 0.5) is 5.69 Å². The lowest BCUT2D eigenvalue weighted by atomic mass is 9.81. The fraction of sp³-hybridized carbons (Fsp3) is 0.240. The molecule has 0 saturated heterocycles. The number of aromatic hydroxyl groups is 1. The highest BCUT2D eigenvalue weighted by Crippen LogP contribution is 2.38. The van der Waals surface area contributed by atoms with Crippen LogP contribution in [0.2, 0.25) is 10.0 Å². The fourth-order valence-electron chi connectivity index (χ4n) is 4.06. The van der Waals surface area contributed by atoms with Gasteiger partial charge in [0.1, 0.15) is 17.6 Å². The first-order valence-electron chi connectivity index (χ1n) is 10.3. The van der Waals surface area contributed by atoms with Crippen LogP contribution < -0.4 is 10.1 Å². The Labute approximate surface area is 191 Å². The Morgan fingerprint density at radius 3 is 2.45 bits per heavy atom. The van der Waals surface area contributed by atoms with Gasteiger partial charge in [0, 0.05) is 16.0 Å². The molecule has 3 aromatic carbocycles. The number of amides is 1. The third-order valence-corrected chi connectivity index (χ3v) is 6.07. The van der Waals surface area contributed by atoms with Gasteiger partial charge in [-0.2, -0.15) is 0 Å². The number of anilines is 1. The Morgan fingerprint density at radius 2 is 1.65 bits per heavy atom. The Hall–Kier alpha value is -2.69. The summed E-state index contributed by atoms with van der Waals surface area (Å²) in [5.74, 6) is 0.191. The van der Waals surface area contributed by atoms with E-state index in [9.17, 15) is 9.90 Å². The van der Waals surface area contributed by atoms with Crippen LogP contribution in [-0.4, -0.2) is 17.1 Å². The first-order chi connectivity index (χ1) is 15.0. The lowest BCUT2D eigenvalue weighted by Gasteiger charge is -2.33. The number of rotatable bonds is 5. The largest absolute Gasteiger partial charge is 0.507 e. The topological polar surface area (TPSA) is 58.6 Å². The maximum Gasteiger partial charge on any atom is 0.259 e. The van der Waals surface area contributed by atoms with E-state index in [0.29, 0.717) is 21.5 Å². The van der Waals surface area contributed by atoms with Crippen LogP contribution in [0.1, 0.15) is 47.5 Å². The van der Waals surface area contributed by atoms with Crippen molar-refractivity contribution in [3.05, 3.63) is 87.9 Å². The third-order valence-electron chi connectivity index (χ3n) is 5.60. The van der Waals surface area contributed by atoms with E-state index >= 15 is 0 Å². The van der Waals surface area contributed by atoms with Crippen LogP contribution in [0.15, 0.2) is 66.7 Å². The highest BCUT2D eigenvalue weighted by molar-refractivity contribution is 6.31. The molecular weight excluding hydrogens is 433 g/mol. The van der Waals surface area contributed by atoms with Crippen molar-refractivity contribution in [1.29, 1.82) is 0 Å². The standard InChI is InChI=1S/C25H23Cl2NO3/c26-17-10-12-22(29)20(14-17)25(30)28-21-15-18(27)11-13-24(21)31-23-9-5-4-8-19(23)16-6-2-1-3-7-16/h1-3,6-7,10-15,19,23,29H,4-5,8-9H2,(H,28,30). The fourth-order valence-corrected chi connectivity index (χ4v) is 4.41. The minimum absolute atomic E-state index is 0.00690. The molecule has 0 aliphatic heterocycles. The summed E-state index contributed by atoms with van der Waals surface area (Å²) in [4.78, 5) is 12.8. The van der Waals surface area contributed by atoms with Gasteiger partial charge in [-0.3, -0.25) is 4.79 Å². The molecule has 0 heterocycles. The van der Waals surface area contributed by atoms with Crippen molar-refractivity contribution in [2.24, 2.45) is 0 Å². The third kappa shape index (κ3) is 5.15. The number of benzene rings is 3. The van der Waals surface area contributed by atoms with Crippen LogP contribution in [0.5, 0.6) is 11.5 Å². The van der Waals surface area contributed by atoms with E-state index in [1.807, 2.05) is 18.2 Å². The molecule has 1 aliphatic rings. The Balaban J connectivity index is 1.59. The normalized spacial score (nSPS) is 18.4. The number of carbonyl (C=O) groups excluding carboxylic acids is 1. The summed E-state index contributed by atoms with van der Waals surface area (Å²) in [5, 5.41) is 13.7. The van der Waals surface area contributed by atoms with Crippen molar-refractivity contribution < 1.29 is 14.6 Å². The molecule has 6 heteroatoms. The van der Waals surface area contributed by atoms with E-state index in [1.54, 1.807) is 18.2 Å². The smallest absolute Gasteiger partial charge is 0.259 e. The first kappa shape index (κ1) is 21.5. The van der Waals surface area contributed by atoms with E-state index < -0.39 is 5.91 Å². The maximum atomic E-state index is 12.8. The zero-order valence-electron chi connectivity index (χ0n) is 16.9. The second kappa shape index (κ2) is 9.63. The number of nitrogens with one attached hydrogen (secondary N) is 1. The lowest BCUT2D eigenvalue weighted by Crippen LogP contribution is -2.29. The number of ether oxygens (including phenoxy) is 1. The highest BCUT2D eigenvalue weighted by atomic mass is 35.5. The number of hydrogen-bond donors (Lipinski definition) is 2. The van der Waals surface area contributed by atoms with Gasteiger partial charge in [-0.15, -0.1) is 0 Å². The van der Waals surface area contributed by atoms with Crippen LogP contribution in [0.3, 0.4) is 0 Å². The first-order valence-corrected chi connectivity index (χ1v) is 11.1. The van der Waals surface area contributed by atoms with Crippen LogP contribution in [0, 0.1) is 0 Å². The number of phenols is 1. The molecule has 0 spiro atoms. The molecule has 160 valence electrons. The summed E-state index contributed by atoms with van der Waals surface area (Å²) in [6.45, 7) is 0. The van der Waals surface area contributed by atoms with Crippen molar-refractivity contribution in [2.45, 2.75) is 37.7 Å². The molecule has 1 fully saturated rings. The average Bonchev–Trinajstić information content (AvgIpc) is 2.78. The second-order valence-electron chi connectivity index (χ2n) is 7.71. The van der Waals surface area contributed by atoms with Crippen molar-refractivity contribution in [3.63, 3.8) is 0 Å². The van der Waals surface area contributed by atoms with Crippen LogP contribution >= 0.6 is 23.2 Å². The quantitative estimate of drug-likeness (QED) is 0.432. The number of carbonyl (C=O) groups is 1. The lowest BCUT2D eigenvalue weighted by molar-refractivity contribution is 0.102. The molecule has 0 radical (unpaired) electrons.